The Balaban J connectivity index is 2.05. The summed E-state index contributed by atoms with van der Waals surface area (Å²) in [6.07, 6.45) is -0.916. The fourth-order valence-corrected chi connectivity index (χ4v) is 1.94. The molecule has 0 saturated carbocycles. The summed E-state index contributed by atoms with van der Waals surface area (Å²) in [7, 11) is 1.61. The molecule has 0 aromatic carbocycles. The summed E-state index contributed by atoms with van der Waals surface area (Å²) in [5.74, 6) is -0.0914. The third-order valence-corrected chi connectivity index (χ3v) is 3.11. The molecule has 2 aromatic heterocycles. The van der Waals surface area contributed by atoms with E-state index in [4.69, 9.17) is 5.73 Å². The van der Waals surface area contributed by atoms with Gasteiger partial charge in [-0.1, -0.05) is 0 Å². The highest BCUT2D eigenvalue weighted by atomic mass is 19.3. The van der Waals surface area contributed by atoms with Crippen LogP contribution in [0.5, 0.6) is 0 Å². The first-order valence-corrected chi connectivity index (χ1v) is 6.25. The van der Waals surface area contributed by atoms with Crippen LogP contribution in [0, 0.1) is 6.92 Å². The molecule has 0 radical (unpaired) electrons. The lowest BCUT2D eigenvalue weighted by atomic mass is 10.2. The number of primary amides is 1. The fourth-order valence-electron chi connectivity index (χ4n) is 1.94. The van der Waals surface area contributed by atoms with Crippen LogP contribution in [0.4, 0.5) is 14.6 Å². The van der Waals surface area contributed by atoms with Gasteiger partial charge in [-0.25, -0.2) is 8.78 Å². The molecular weight excluding hydrogens is 282 g/mol. The summed E-state index contributed by atoms with van der Waals surface area (Å²) in [6, 6.07) is 1.53. The van der Waals surface area contributed by atoms with Crippen LogP contribution in [0.2, 0.25) is 0 Å². The van der Waals surface area contributed by atoms with Gasteiger partial charge in [0, 0.05) is 30.9 Å². The number of carbonyl (C=O) groups is 1. The fraction of sp³-hybridized carbons (Fsp3) is 0.417. The van der Waals surface area contributed by atoms with Crippen LogP contribution in [0.25, 0.3) is 0 Å². The number of anilines is 1. The van der Waals surface area contributed by atoms with Gasteiger partial charge in [0.15, 0.2) is 0 Å². The summed E-state index contributed by atoms with van der Waals surface area (Å²) in [5.41, 5.74) is 6.92. The monoisotopic (exact) mass is 298 g/mol. The number of hydrogen-bond donors (Lipinski definition) is 2. The van der Waals surface area contributed by atoms with Crippen LogP contribution in [-0.2, 0) is 20.1 Å². The lowest BCUT2D eigenvalue weighted by Gasteiger charge is -2.05. The van der Waals surface area contributed by atoms with Crippen molar-refractivity contribution in [2.45, 2.75) is 26.4 Å². The Labute approximate surface area is 119 Å². The number of aromatic nitrogens is 4. The van der Waals surface area contributed by atoms with Gasteiger partial charge in [-0.15, -0.1) is 0 Å². The minimum Gasteiger partial charge on any atom is -0.364 e. The van der Waals surface area contributed by atoms with Gasteiger partial charge in [0.2, 0.25) is 0 Å². The van der Waals surface area contributed by atoms with Crippen molar-refractivity contribution in [3.63, 3.8) is 0 Å². The minimum absolute atomic E-state index is 0.280. The average molecular weight is 298 g/mol. The molecule has 7 nitrogen and oxygen atoms in total. The van der Waals surface area contributed by atoms with E-state index in [9.17, 15) is 13.6 Å². The molecule has 0 unspecified atom stereocenters. The first-order chi connectivity index (χ1) is 9.88. The Bertz CT molecular complexity index is 648. The van der Waals surface area contributed by atoms with Crippen molar-refractivity contribution in [1.82, 2.24) is 19.6 Å². The maximum Gasteiger partial charge on any atom is 0.267 e. The number of alkyl halides is 2. The number of nitrogens with zero attached hydrogens (tertiary/aromatic N) is 4. The summed E-state index contributed by atoms with van der Waals surface area (Å²) < 4.78 is 27.3. The van der Waals surface area contributed by atoms with Gasteiger partial charge < -0.3 is 11.1 Å². The Morgan fingerprint density at radius 2 is 2.24 bits per heavy atom. The summed E-state index contributed by atoms with van der Waals surface area (Å²) in [6.45, 7) is 1.66. The highest BCUT2D eigenvalue weighted by Crippen LogP contribution is 2.13. The van der Waals surface area contributed by atoms with E-state index < -0.39 is 18.9 Å². The van der Waals surface area contributed by atoms with Crippen molar-refractivity contribution in [3.8, 4) is 0 Å². The molecule has 1 amide bonds. The van der Waals surface area contributed by atoms with E-state index in [0.717, 1.165) is 5.56 Å². The first-order valence-electron chi connectivity index (χ1n) is 6.25. The molecule has 114 valence electrons. The zero-order valence-electron chi connectivity index (χ0n) is 11.7. The van der Waals surface area contributed by atoms with Crippen molar-refractivity contribution >= 4 is 11.7 Å². The number of rotatable bonds is 6. The highest BCUT2D eigenvalue weighted by Gasteiger charge is 2.13. The van der Waals surface area contributed by atoms with E-state index in [1.807, 2.05) is 0 Å². The smallest absolute Gasteiger partial charge is 0.267 e. The zero-order valence-corrected chi connectivity index (χ0v) is 11.7. The van der Waals surface area contributed by atoms with E-state index in [1.165, 1.54) is 21.6 Å². The normalized spacial score (nSPS) is 11.1. The van der Waals surface area contributed by atoms with Crippen molar-refractivity contribution < 1.29 is 13.6 Å². The standard InChI is InChI=1S/C12H16F2N6O/c1-7-8(5-17-20(7)6-10(13)14)4-16-11-3-9(12(15)21)19(2)18-11/h3,5,10H,4,6H2,1-2H3,(H2,15,21)(H,16,18). The zero-order chi connectivity index (χ0) is 15.6. The lowest BCUT2D eigenvalue weighted by Crippen LogP contribution is -2.15. The van der Waals surface area contributed by atoms with E-state index in [-0.39, 0.29) is 5.69 Å². The minimum atomic E-state index is -2.45. The van der Waals surface area contributed by atoms with Gasteiger partial charge in [-0.05, 0) is 6.92 Å². The number of aryl methyl sites for hydroxylation is 1. The third-order valence-electron chi connectivity index (χ3n) is 3.11. The lowest BCUT2D eigenvalue weighted by molar-refractivity contribution is 0.0991. The van der Waals surface area contributed by atoms with Crippen LogP contribution in [0.1, 0.15) is 21.7 Å². The van der Waals surface area contributed by atoms with Gasteiger partial charge in [0.05, 0.1) is 6.20 Å². The van der Waals surface area contributed by atoms with Gasteiger partial charge in [0.1, 0.15) is 18.1 Å². The van der Waals surface area contributed by atoms with Crippen molar-refractivity contribution in [2.75, 3.05) is 5.32 Å². The second kappa shape index (κ2) is 5.90. The van der Waals surface area contributed by atoms with Crippen molar-refractivity contribution in [1.29, 1.82) is 0 Å². The quantitative estimate of drug-likeness (QED) is 0.829. The third kappa shape index (κ3) is 3.36. The second-order valence-corrected chi connectivity index (χ2v) is 4.58. The number of nitrogens with one attached hydrogen (secondary N) is 1. The number of amides is 1. The predicted octanol–water partition coefficient (Wildman–Crippen LogP) is 0.901. The predicted molar refractivity (Wildman–Crippen MR) is 72.0 cm³/mol. The molecule has 0 saturated heterocycles. The van der Waals surface area contributed by atoms with E-state index in [0.29, 0.717) is 18.1 Å². The van der Waals surface area contributed by atoms with Crippen LogP contribution >= 0.6 is 0 Å². The SMILES string of the molecule is Cc1c(CNc2cc(C(N)=O)n(C)n2)cnn1CC(F)F. The van der Waals surface area contributed by atoms with Crippen LogP contribution < -0.4 is 11.1 Å². The topological polar surface area (TPSA) is 90.8 Å². The molecule has 21 heavy (non-hydrogen) atoms. The van der Waals surface area contributed by atoms with E-state index in [1.54, 1.807) is 14.0 Å². The average Bonchev–Trinajstić information content (AvgIpc) is 2.92. The second-order valence-electron chi connectivity index (χ2n) is 4.58. The summed E-state index contributed by atoms with van der Waals surface area (Å²) >= 11 is 0. The maximum absolute atomic E-state index is 12.4. The Morgan fingerprint density at radius 3 is 2.81 bits per heavy atom. The van der Waals surface area contributed by atoms with Crippen LogP contribution in [0.3, 0.4) is 0 Å². The highest BCUT2D eigenvalue weighted by molar-refractivity contribution is 5.91. The van der Waals surface area contributed by atoms with E-state index >= 15 is 0 Å². The molecule has 2 heterocycles. The molecule has 0 spiro atoms. The number of halogens is 2. The molecular formula is C12H16F2N6O. The molecule has 0 aliphatic rings. The Morgan fingerprint density at radius 1 is 1.52 bits per heavy atom. The Hall–Kier alpha value is -2.45. The van der Waals surface area contributed by atoms with Gasteiger partial charge >= 0.3 is 0 Å². The van der Waals surface area contributed by atoms with Gasteiger partial charge in [-0.2, -0.15) is 10.2 Å². The molecule has 0 atom stereocenters. The molecule has 0 bridgehead atoms. The first kappa shape index (κ1) is 14.9. The molecule has 0 aliphatic carbocycles. The number of hydrogen-bond acceptors (Lipinski definition) is 4. The van der Waals surface area contributed by atoms with Crippen molar-refractivity contribution in [3.05, 3.63) is 29.2 Å². The van der Waals surface area contributed by atoms with E-state index in [2.05, 4.69) is 15.5 Å². The van der Waals surface area contributed by atoms with Crippen LogP contribution in [0.15, 0.2) is 12.3 Å². The largest absolute Gasteiger partial charge is 0.364 e. The van der Waals surface area contributed by atoms with Crippen LogP contribution in [-0.4, -0.2) is 31.9 Å². The molecule has 9 heteroatoms. The molecule has 2 rings (SSSR count). The number of carbonyl (C=O) groups excluding carboxylic acids is 1. The molecule has 0 aliphatic heterocycles. The van der Waals surface area contributed by atoms with Gasteiger partial charge in [0.25, 0.3) is 12.3 Å². The van der Waals surface area contributed by atoms with Gasteiger partial charge in [-0.3, -0.25) is 14.2 Å². The maximum atomic E-state index is 12.4. The number of nitrogens with two attached hydrogens (primary N) is 1. The molecule has 0 fully saturated rings. The summed E-state index contributed by atoms with van der Waals surface area (Å²) in [4.78, 5) is 11.1. The Kier molecular flexibility index (Phi) is 4.20. The summed E-state index contributed by atoms with van der Waals surface area (Å²) in [5, 5.41) is 11.0. The van der Waals surface area contributed by atoms with Crippen molar-refractivity contribution in [2.24, 2.45) is 12.8 Å². The molecule has 3 N–H and O–H groups in total. The molecule has 2 aromatic rings.